The molecule has 4 saturated carbocycles. The molecule has 0 aliphatic heterocycles. The predicted octanol–water partition coefficient (Wildman–Crippen LogP) is 7.33. The molecule has 0 radical (unpaired) electrons. The van der Waals surface area contributed by atoms with Gasteiger partial charge in [-0.2, -0.15) is 0 Å². The maximum absolute atomic E-state index is 12.8. The zero-order valence-corrected chi connectivity index (χ0v) is 31.1. The molecule has 3 unspecified atom stereocenters. The number of fused-ring (bicyclic) bond motifs is 7. The van der Waals surface area contributed by atoms with E-state index in [1.807, 2.05) is 34.6 Å². The summed E-state index contributed by atoms with van der Waals surface area (Å²) >= 11 is 0. The zero-order chi connectivity index (χ0) is 35.8. The summed E-state index contributed by atoms with van der Waals surface area (Å²) in [4.78, 5) is 25.5. The van der Waals surface area contributed by atoms with E-state index in [0.29, 0.717) is 24.8 Å². The third-order valence-electron chi connectivity index (χ3n) is 15.1. The third-order valence-corrected chi connectivity index (χ3v) is 15.1. The van der Waals surface area contributed by atoms with E-state index in [-0.39, 0.29) is 62.6 Å². The van der Waals surface area contributed by atoms with Crippen LogP contribution in [0.1, 0.15) is 129 Å². The number of rotatable bonds is 6. The standard InChI is InChI=1S/C40H62O8.2CH4/c1-11-24(4)34(46)48-21-37(8)27-14-17-38(9)28(36(27,7)16-15-29(37)41)13-12-25-26-19-35(5,6)32(44)33(45)40(26,30(42)20-39(25,38)10)22-47-31(43)18-23(2)3;;/h11-12,18,26-30,32-33,41-42,44-45H,13-17,19-22H2,1-10H3;2*1H4/b24-11+;;/t26?,27?,28?,29-,30+,32-,33-,36-,37+,38+,39+,40-;;/m0../s1. The molecule has 8 heteroatoms. The number of hydrogen-bond acceptors (Lipinski definition) is 8. The van der Waals surface area contributed by atoms with E-state index in [1.54, 1.807) is 13.0 Å². The Labute approximate surface area is 302 Å². The van der Waals surface area contributed by atoms with Crippen LogP contribution in [-0.4, -0.2) is 70.0 Å². The van der Waals surface area contributed by atoms with E-state index >= 15 is 0 Å². The molecule has 5 aliphatic carbocycles. The van der Waals surface area contributed by atoms with E-state index in [2.05, 4.69) is 33.8 Å². The second-order valence-corrected chi connectivity index (χ2v) is 18.2. The summed E-state index contributed by atoms with van der Waals surface area (Å²) in [5.74, 6) is -0.766. The minimum absolute atomic E-state index is 0. The van der Waals surface area contributed by atoms with Gasteiger partial charge in [0.25, 0.3) is 0 Å². The van der Waals surface area contributed by atoms with Gasteiger partial charge in [-0.3, -0.25) is 0 Å². The van der Waals surface area contributed by atoms with Gasteiger partial charge in [-0.1, -0.05) is 79.7 Å². The zero-order valence-electron chi connectivity index (χ0n) is 31.1. The van der Waals surface area contributed by atoms with E-state index in [1.165, 1.54) is 11.6 Å². The molecule has 0 aromatic carbocycles. The third kappa shape index (κ3) is 6.06. The molecule has 0 aromatic heterocycles. The Hall–Kier alpha value is -2.00. The highest BCUT2D eigenvalue weighted by atomic mass is 16.5. The fraction of sp³-hybridized carbons (Fsp3) is 0.810. The lowest BCUT2D eigenvalue weighted by molar-refractivity contribution is -0.260. The number of esters is 2. The Morgan fingerprint density at radius 1 is 0.840 bits per heavy atom. The van der Waals surface area contributed by atoms with Crippen LogP contribution in [0.4, 0.5) is 0 Å². The fourth-order valence-corrected chi connectivity index (χ4v) is 11.8. The lowest BCUT2D eigenvalue weighted by atomic mass is 9.33. The van der Waals surface area contributed by atoms with E-state index < -0.39 is 52.0 Å². The Morgan fingerprint density at radius 3 is 2.08 bits per heavy atom. The summed E-state index contributed by atoms with van der Waals surface area (Å²) in [6, 6.07) is 0. The number of carbonyl (C=O) groups excluding carboxylic acids is 2. The van der Waals surface area contributed by atoms with Crippen LogP contribution in [0.2, 0.25) is 0 Å². The quantitative estimate of drug-likeness (QED) is 0.129. The molecule has 0 aromatic rings. The van der Waals surface area contributed by atoms with Crippen molar-refractivity contribution < 1.29 is 39.5 Å². The molecule has 12 atom stereocenters. The van der Waals surface area contributed by atoms with Gasteiger partial charge in [0.15, 0.2) is 0 Å². The first-order valence-electron chi connectivity index (χ1n) is 18.2. The number of allylic oxidation sites excluding steroid dienone is 4. The van der Waals surface area contributed by atoms with Gasteiger partial charge in [0.05, 0.1) is 36.4 Å². The summed E-state index contributed by atoms with van der Waals surface area (Å²) in [7, 11) is 0. The first kappa shape index (κ1) is 42.4. The van der Waals surface area contributed by atoms with Gasteiger partial charge < -0.3 is 29.9 Å². The van der Waals surface area contributed by atoms with Crippen molar-refractivity contribution >= 4 is 11.9 Å². The normalized spacial score (nSPS) is 44.6. The second-order valence-electron chi connectivity index (χ2n) is 18.2. The topological polar surface area (TPSA) is 134 Å². The van der Waals surface area contributed by atoms with Crippen LogP contribution in [0.5, 0.6) is 0 Å². The van der Waals surface area contributed by atoms with E-state index in [9.17, 15) is 30.0 Å². The Kier molecular flexibility index (Phi) is 12.0. The van der Waals surface area contributed by atoms with Gasteiger partial charge in [0.2, 0.25) is 0 Å². The summed E-state index contributed by atoms with van der Waals surface area (Å²) in [6.07, 6.45) is 6.56. The Balaban J connectivity index is 0.00000338. The SMILES string of the molecule is C.C.C/C=C(\C)C(=O)OC[C@]1(C)C2CC[C@]3(C)C(CC=C4C5CC(C)(C)[C@@H](O)[C@H](O)[C@]5(COC(=O)C=C(C)C)[C@H](O)C[C@]43C)[C@@]2(C)CC[C@@H]1O. The van der Waals surface area contributed by atoms with E-state index in [0.717, 1.165) is 31.3 Å². The van der Waals surface area contributed by atoms with Crippen molar-refractivity contribution in [2.45, 2.75) is 153 Å². The van der Waals surface area contributed by atoms with Crippen LogP contribution < -0.4 is 0 Å². The molecule has 50 heavy (non-hydrogen) atoms. The maximum atomic E-state index is 12.8. The largest absolute Gasteiger partial charge is 0.462 e. The molecular weight excluding hydrogens is 632 g/mol. The van der Waals surface area contributed by atoms with Gasteiger partial charge in [-0.15, -0.1) is 0 Å². The highest BCUT2D eigenvalue weighted by Gasteiger charge is 2.72. The van der Waals surface area contributed by atoms with Gasteiger partial charge >= 0.3 is 11.9 Å². The lowest BCUT2D eigenvalue weighted by Crippen LogP contribution is -2.72. The molecular formula is C42H70O8. The summed E-state index contributed by atoms with van der Waals surface area (Å²) in [5, 5.41) is 47.1. The maximum Gasteiger partial charge on any atom is 0.333 e. The second kappa shape index (κ2) is 14.1. The summed E-state index contributed by atoms with van der Waals surface area (Å²) in [5.41, 5.74) is -0.653. The average Bonchev–Trinajstić information content (AvgIpc) is 3.00. The molecule has 0 spiro atoms. The summed E-state index contributed by atoms with van der Waals surface area (Å²) < 4.78 is 11.7. The number of aliphatic hydroxyl groups excluding tert-OH is 4. The molecule has 0 saturated heterocycles. The number of carbonyl (C=O) groups is 2. The van der Waals surface area contributed by atoms with Crippen molar-refractivity contribution in [3.8, 4) is 0 Å². The molecule has 0 heterocycles. The summed E-state index contributed by atoms with van der Waals surface area (Å²) in [6.45, 7) is 20.3. The molecule has 286 valence electrons. The monoisotopic (exact) mass is 703 g/mol. The molecule has 4 N–H and O–H groups in total. The van der Waals surface area contributed by atoms with Crippen molar-refractivity contribution in [3.05, 3.63) is 34.9 Å². The molecule has 0 bridgehead atoms. The Morgan fingerprint density at radius 2 is 1.48 bits per heavy atom. The van der Waals surface area contributed by atoms with Gasteiger partial charge in [-0.25, -0.2) is 9.59 Å². The van der Waals surface area contributed by atoms with Crippen molar-refractivity contribution in [2.75, 3.05) is 13.2 Å². The molecule has 5 rings (SSSR count). The van der Waals surface area contributed by atoms with E-state index in [4.69, 9.17) is 9.47 Å². The number of ether oxygens (including phenoxy) is 2. The minimum atomic E-state index is -1.28. The van der Waals surface area contributed by atoms with Crippen molar-refractivity contribution in [1.82, 2.24) is 0 Å². The van der Waals surface area contributed by atoms with Crippen LogP contribution >= 0.6 is 0 Å². The van der Waals surface area contributed by atoms with Crippen molar-refractivity contribution in [1.29, 1.82) is 0 Å². The van der Waals surface area contributed by atoms with Crippen LogP contribution in [0.25, 0.3) is 0 Å². The smallest absolute Gasteiger partial charge is 0.333 e. The number of aliphatic hydroxyl groups is 4. The highest BCUT2D eigenvalue weighted by molar-refractivity contribution is 5.87. The van der Waals surface area contributed by atoms with Crippen molar-refractivity contribution in [2.24, 2.45) is 50.2 Å². The lowest BCUT2D eigenvalue weighted by Gasteiger charge is -2.72. The predicted molar refractivity (Wildman–Crippen MR) is 198 cm³/mol. The van der Waals surface area contributed by atoms with Crippen LogP contribution in [-0.2, 0) is 19.1 Å². The fourth-order valence-electron chi connectivity index (χ4n) is 11.8. The van der Waals surface area contributed by atoms with Crippen molar-refractivity contribution in [3.63, 3.8) is 0 Å². The molecule has 8 nitrogen and oxygen atoms in total. The van der Waals surface area contributed by atoms with Gasteiger partial charge in [-0.05, 0) is 112 Å². The molecule has 5 aliphatic rings. The minimum Gasteiger partial charge on any atom is -0.462 e. The van der Waals surface area contributed by atoms with Crippen LogP contribution in [0, 0.1) is 50.2 Å². The molecule has 4 fully saturated rings. The van der Waals surface area contributed by atoms with Crippen LogP contribution in [0.15, 0.2) is 34.9 Å². The van der Waals surface area contributed by atoms with Gasteiger partial charge in [0.1, 0.15) is 6.61 Å². The Bertz CT molecular complexity index is 1390. The first-order chi connectivity index (χ1) is 22.2. The molecule has 0 amide bonds. The van der Waals surface area contributed by atoms with Gasteiger partial charge in [0, 0.05) is 17.1 Å². The van der Waals surface area contributed by atoms with Crippen LogP contribution in [0.3, 0.4) is 0 Å². The number of hydrogen-bond donors (Lipinski definition) is 4. The highest BCUT2D eigenvalue weighted by Crippen LogP contribution is 2.75. The average molecular weight is 703 g/mol. The first-order valence-corrected chi connectivity index (χ1v) is 18.2.